The number of amides is 1. The number of ether oxygens (including phenoxy) is 1. The van der Waals surface area contributed by atoms with Gasteiger partial charge in [-0.05, 0) is 18.2 Å². The number of halogens is 3. The fourth-order valence-electron chi connectivity index (χ4n) is 2.82. The van der Waals surface area contributed by atoms with Gasteiger partial charge in [0.1, 0.15) is 0 Å². The van der Waals surface area contributed by atoms with Crippen LogP contribution in [0.15, 0.2) is 23.0 Å². The van der Waals surface area contributed by atoms with E-state index in [2.05, 4.69) is 15.5 Å². The average Bonchev–Trinajstić information content (AvgIpc) is 3.10. The van der Waals surface area contributed by atoms with E-state index in [0.717, 1.165) is 12.4 Å². The maximum Gasteiger partial charge on any atom is 0.451 e. The molecule has 3 rings (SSSR count). The van der Waals surface area contributed by atoms with E-state index in [1.807, 2.05) is 0 Å². The molecule has 0 atom stereocenters. The molecule has 28 heavy (non-hydrogen) atoms. The van der Waals surface area contributed by atoms with Gasteiger partial charge in [0.25, 0.3) is 5.91 Å². The maximum atomic E-state index is 12.8. The van der Waals surface area contributed by atoms with Gasteiger partial charge in [-0.25, -0.2) is 14.2 Å². The molecule has 2 aromatic heterocycles. The second kappa shape index (κ2) is 7.02. The van der Waals surface area contributed by atoms with Crippen LogP contribution in [0, 0.1) is 0 Å². The number of alkyl halides is 3. The minimum Gasteiger partial charge on any atom is -0.481 e. The molecule has 0 radical (unpaired) electrons. The molecule has 0 aliphatic carbocycles. The number of carbonyl (C=O) groups excluding carboxylic acids is 1. The number of carbonyl (C=O) groups is 1. The molecule has 2 heterocycles. The molecule has 0 saturated carbocycles. The smallest absolute Gasteiger partial charge is 0.451 e. The van der Waals surface area contributed by atoms with Crippen LogP contribution in [0.1, 0.15) is 16.2 Å². The highest BCUT2D eigenvalue weighted by Gasteiger charge is 2.37. The fraction of sp³-hybridized carbons (Fsp3) is 0.375. The second-order valence-electron chi connectivity index (χ2n) is 6.01. The van der Waals surface area contributed by atoms with Crippen LogP contribution in [0.25, 0.3) is 10.9 Å². The zero-order valence-electron chi connectivity index (χ0n) is 15.2. The molecule has 1 N–H and O–H groups in total. The van der Waals surface area contributed by atoms with Crippen molar-refractivity contribution in [1.82, 2.24) is 29.4 Å². The summed E-state index contributed by atoms with van der Waals surface area (Å²) in [4.78, 5) is 24.1. The van der Waals surface area contributed by atoms with Gasteiger partial charge in [-0.3, -0.25) is 9.36 Å². The van der Waals surface area contributed by atoms with Crippen molar-refractivity contribution in [1.29, 1.82) is 0 Å². The molecule has 150 valence electrons. The summed E-state index contributed by atoms with van der Waals surface area (Å²) in [6.45, 7) is -0.273. The molecule has 0 spiro atoms. The number of aromatic nitrogens is 5. The molecule has 0 bridgehead atoms. The van der Waals surface area contributed by atoms with Crippen molar-refractivity contribution in [2.24, 2.45) is 14.1 Å². The standard InChI is InChI=1S/C16H17F3N6O3/c1-23-14(16(17,18)19)22-25(15(23)27)7-6-20-12(26)9-4-5-10-11(8-9)21-24(2)13(10)28-3/h4-5,8H,6-7H2,1-3H3,(H,20,26). The first-order valence-electron chi connectivity index (χ1n) is 8.13. The summed E-state index contributed by atoms with van der Waals surface area (Å²) in [5, 5.41) is 10.8. The van der Waals surface area contributed by atoms with Gasteiger partial charge in [0.15, 0.2) is 0 Å². The second-order valence-corrected chi connectivity index (χ2v) is 6.01. The van der Waals surface area contributed by atoms with Crippen molar-refractivity contribution in [3.63, 3.8) is 0 Å². The Morgan fingerprint density at radius 1 is 1.25 bits per heavy atom. The summed E-state index contributed by atoms with van der Waals surface area (Å²) in [7, 11) is 4.21. The van der Waals surface area contributed by atoms with Crippen molar-refractivity contribution in [2.75, 3.05) is 13.7 Å². The summed E-state index contributed by atoms with van der Waals surface area (Å²) in [5.41, 5.74) is -0.0380. The zero-order chi connectivity index (χ0) is 20.6. The largest absolute Gasteiger partial charge is 0.481 e. The van der Waals surface area contributed by atoms with Crippen LogP contribution in [0.4, 0.5) is 13.2 Å². The third kappa shape index (κ3) is 3.44. The molecule has 0 aliphatic rings. The quantitative estimate of drug-likeness (QED) is 0.690. The first-order valence-corrected chi connectivity index (χ1v) is 8.13. The van der Waals surface area contributed by atoms with Gasteiger partial charge in [-0.2, -0.15) is 18.3 Å². The number of methoxy groups -OCH3 is 1. The van der Waals surface area contributed by atoms with Crippen molar-refractivity contribution in [3.05, 3.63) is 40.1 Å². The Labute approximate surface area is 156 Å². The number of nitrogens with zero attached hydrogens (tertiary/aromatic N) is 5. The molecule has 1 aromatic carbocycles. The molecule has 12 heteroatoms. The summed E-state index contributed by atoms with van der Waals surface area (Å²) >= 11 is 0. The minimum atomic E-state index is -4.73. The van der Waals surface area contributed by atoms with Gasteiger partial charge < -0.3 is 10.1 Å². The predicted molar refractivity (Wildman–Crippen MR) is 92.1 cm³/mol. The Hall–Kier alpha value is -3.31. The van der Waals surface area contributed by atoms with E-state index < -0.39 is 23.6 Å². The fourth-order valence-corrected chi connectivity index (χ4v) is 2.82. The Morgan fingerprint density at radius 3 is 2.57 bits per heavy atom. The van der Waals surface area contributed by atoms with Gasteiger partial charge >= 0.3 is 11.9 Å². The van der Waals surface area contributed by atoms with Gasteiger partial charge in [-0.1, -0.05) is 0 Å². The van der Waals surface area contributed by atoms with E-state index >= 15 is 0 Å². The van der Waals surface area contributed by atoms with E-state index in [1.165, 1.54) is 11.8 Å². The lowest BCUT2D eigenvalue weighted by molar-refractivity contribution is -0.147. The lowest BCUT2D eigenvalue weighted by Gasteiger charge is -2.05. The predicted octanol–water partition coefficient (Wildman–Crippen LogP) is 0.926. The van der Waals surface area contributed by atoms with E-state index in [4.69, 9.17) is 4.74 Å². The summed E-state index contributed by atoms with van der Waals surface area (Å²) < 4.78 is 46.2. The lowest BCUT2D eigenvalue weighted by Crippen LogP contribution is -2.31. The first-order chi connectivity index (χ1) is 13.1. The molecular weight excluding hydrogens is 381 g/mol. The van der Waals surface area contributed by atoms with Crippen LogP contribution in [-0.4, -0.2) is 43.7 Å². The minimum absolute atomic E-state index is 0.0728. The maximum absolute atomic E-state index is 12.8. The number of rotatable bonds is 5. The van der Waals surface area contributed by atoms with Crippen molar-refractivity contribution in [3.8, 4) is 5.88 Å². The Kier molecular flexibility index (Phi) is 4.87. The summed E-state index contributed by atoms with van der Waals surface area (Å²) in [6.07, 6.45) is -4.73. The van der Waals surface area contributed by atoms with Crippen molar-refractivity contribution >= 4 is 16.8 Å². The highest BCUT2D eigenvalue weighted by atomic mass is 19.4. The molecule has 0 saturated heterocycles. The highest BCUT2D eigenvalue weighted by molar-refractivity contribution is 5.98. The third-order valence-electron chi connectivity index (χ3n) is 4.14. The molecular formula is C16H17F3N6O3. The summed E-state index contributed by atoms with van der Waals surface area (Å²) in [6, 6.07) is 4.84. The highest BCUT2D eigenvalue weighted by Crippen LogP contribution is 2.26. The molecule has 1 amide bonds. The van der Waals surface area contributed by atoms with Gasteiger partial charge in [0, 0.05) is 26.2 Å². The number of fused-ring (bicyclic) bond motifs is 1. The number of hydrogen-bond acceptors (Lipinski definition) is 5. The zero-order valence-corrected chi connectivity index (χ0v) is 15.2. The van der Waals surface area contributed by atoms with Gasteiger partial charge in [-0.15, -0.1) is 5.10 Å². The van der Waals surface area contributed by atoms with Crippen LogP contribution in [0.5, 0.6) is 5.88 Å². The third-order valence-corrected chi connectivity index (χ3v) is 4.14. The lowest BCUT2D eigenvalue weighted by atomic mass is 10.1. The molecule has 0 fully saturated rings. The van der Waals surface area contributed by atoms with Crippen molar-refractivity contribution in [2.45, 2.75) is 12.7 Å². The SMILES string of the molecule is COc1c2ccc(C(=O)NCCn3nc(C(F)(F)F)n(C)c3=O)cc2nn1C. The normalized spacial score (nSPS) is 11.8. The van der Waals surface area contributed by atoms with E-state index in [1.54, 1.807) is 25.2 Å². The van der Waals surface area contributed by atoms with E-state index in [0.29, 0.717) is 26.2 Å². The van der Waals surface area contributed by atoms with Crippen LogP contribution in [-0.2, 0) is 26.8 Å². The average molecular weight is 398 g/mol. The van der Waals surface area contributed by atoms with E-state index in [9.17, 15) is 22.8 Å². The molecule has 0 aliphatic heterocycles. The van der Waals surface area contributed by atoms with Crippen molar-refractivity contribution < 1.29 is 22.7 Å². The Morgan fingerprint density at radius 2 is 1.96 bits per heavy atom. The molecule has 3 aromatic rings. The Balaban J connectivity index is 1.70. The number of aryl methyl sites for hydroxylation is 1. The van der Waals surface area contributed by atoms with Gasteiger partial charge in [0.2, 0.25) is 11.7 Å². The topological polar surface area (TPSA) is 96.0 Å². The molecule has 9 nitrogen and oxygen atoms in total. The van der Waals surface area contributed by atoms with Crippen LogP contribution >= 0.6 is 0 Å². The van der Waals surface area contributed by atoms with Crippen LogP contribution < -0.4 is 15.7 Å². The van der Waals surface area contributed by atoms with Gasteiger partial charge in [0.05, 0.1) is 24.6 Å². The molecule has 0 unspecified atom stereocenters. The first kappa shape index (κ1) is 19.5. The Bertz CT molecular complexity index is 1100. The monoisotopic (exact) mass is 398 g/mol. The number of nitrogens with one attached hydrogen (secondary N) is 1. The number of benzene rings is 1. The number of hydrogen-bond donors (Lipinski definition) is 1. The van der Waals surface area contributed by atoms with Crippen LogP contribution in [0.2, 0.25) is 0 Å². The summed E-state index contributed by atoms with van der Waals surface area (Å²) in [5.74, 6) is -1.19. The van der Waals surface area contributed by atoms with E-state index in [-0.39, 0.29) is 13.1 Å². The van der Waals surface area contributed by atoms with Crippen LogP contribution in [0.3, 0.4) is 0 Å².